The van der Waals surface area contributed by atoms with E-state index in [-0.39, 0.29) is 5.76 Å². The maximum atomic E-state index is 11.8. The van der Waals surface area contributed by atoms with Crippen LogP contribution in [0.2, 0.25) is 0 Å². The molecule has 1 amide bonds. The number of nitro groups is 1. The van der Waals surface area contributed by atoms with Gasteiger partial charge in [-0.2, -0.15) is 0 Å². The summed E-state index contributed by atoms with van der Waals surface area (Å²) >= 11 is 1.64. The number of amides is 1. The number of para-hydroxylation sites is 1. The van der Waals surface area contributed by atoms with Crippen LogP contribution in [0.25, 0.3) is 10.2 Å². The zero-order chi connectivity index (χ0) is 16.2. The molecule has 118 valence electrons. The van der Waals surface area contributed by atoms with Crippen molar-refractivity contribution in [2.45, 2.75) is 12.8 Å². The Balaban J connectivity index is 1.49. The Morgan fingerprint density at radius 3 is 2.87 bits per heavy atom. The third-order valence-electron chi connectivity index (χ3n) is 3.19. The fraction of sp³-hybridized carbons (Fsp3) is 0.200. The van der Waals surface area contributed by atoms with Crippen LogP contribution in [0, 0.1) is 10.1 Å². The van der Waals surface area contributed by atoms with Crippen LogP contribution in [-0.4, -0.2) is 22.4 Å². The topological polar surface area (TPSA) is 98.3 Å². The lowest BCUT2D eigenvalue weighted by molar-refractivity contribution is -0.402. The van der Waals surface area contributed by atoms with Crippen LogP contribution in [0.15, 0.2) is 40.8 Å². The number of thiazole rings is 1. The molecular weight excluding hydrogens is 318 g/mol. The van der Waals surface area contributed by atoms with Crippen LogP contribution in [0.5, 0.6) is 0 Å². The number of carbonyl (C=O) groups is 1. The maximum absolute atomic E-state index is 11.8. The first-order chi connectivity index (χ1) is 11.1. The van der Waals surface area contributed by atoms with Gasteiger partial charge in [-0.1, -0.05) is 12.1 Å². The molecular formula is C15H13N3O4S. The molecule has 1 N–H and O–H groups in total. The number of nitrogens with one attached hydrogen (secondary N) is 1. The quantitative estimate of drug-likeness (QED) is 0.425. The molecule has 0 bridgehead atoms. The van der Waals surface area contributed by atoms with Crippen molar-refractivity contribution >= 4 is 33.3 Å². The monoisotopic (exact) mass is 331 g/mol. The fourth-order valence-electron chi connectivity index (χ4n) is 2.10. The number of carbonyl (C=O) groups excluding carboxylic acids is 1. The number of aryl methyl sites for hydroxylation is 1. The highest BCUT2D eigenvalue weighted by Gasteiger charge is 2.16. The summed E-state index contributed by atoms with van der Waals surface area (Å²) in [5.74, 6) is -0.955. The second-order valence-corrected chi connectivity index (χ2v) is 5.94. The molecule has 0 aliphatic carbocycles. The molecule has 2 heterocycles. The molecule has 23 heavy (non-hydrogen) atoms. The zero-order valence-corrected chi connectivity index (χ0v) is 12.8. The SMILES string of the molecule is O=C(NCCCc1nc2ccccc2s1)c1ccc([N+](=O)[O-])o1. The Morgan fingerprint density at radius 1 is 1.30 bits per heavy atom. The average Bonchev–Trinajstić information content (AvgIpc) is 3.17. The average molecular weight is 331 g/mol. The number of rotatable bonds is 6. The van der Waals surface area contributed by atoms with Crippen molar-refractivity contribution in [1.82, 2.24) is 10.3 Å². The highest BCUT2D eigenvalue weighted by atomic mass is 32.1. The Morgan fingerprint density at radius 2 is 2.13 bits per heavy atom. The molecule has 0 saturated carbocycles. The van der Waals surface area contributed by atoms with E-state index in [0.29, 0.717) is 6.54 Å². The highest BCUT2D eigenvalue weighted by molar-refractivity contribution is 7.18. The third-order valence-corrected chi connectivity index (χ3v) is 4.28. The van der Waals surface area contributed by atoms with E-state index in [1.54, 1.807) is 11.3 Å². The molecule has 2 aromatic heterocycles. The number of hydrogen-bond acceptors (Lipinski definition) is 6. The summed E-state index contributed by atoms with van der Waals surface area (Å²) in [6, 6.07) is 10.4. The van der Waals surface area contributed by atoms with E-state index >= 15 is 0 Å². The summed E-state index contributed by atoms with van der Waals surface area (Å²) < 4.78 is 5.99. The van der Waals surface area contributed by atoms with Crippen LogP contribution in [0.3, 0.4) is 0 Å². The minimum atomic E-state index is -0.677. The molecule has 0 atom stereocenters. The fourth-order valence-corrected chi connectivity index (χ4v) is 3.11. The van der Waals surface area contributed by atoms with Crippen LogP contribution < -0.4 is 5.32 Å². The maximum Gasteiger partial charge on any atom is 0.433 e. The summed E-state index contributed by atoms with van der Waals surface area (Å²) in [5.41, 5.74) is 0.986. The van der Waals surface area contributed by atoms with Crippen molar-refractivity contribution in [3.8, 4) is 0 Å². The van der Waals surface area contributed by atoms with E-state index < -0.39 is 16.7 Å². The van der Waals surface area contributed by atoms with E-state index in [1.165, 1.54) is 6.07 Å². The lowest BCUT2D eigenvalue weighted by Gasteiger charge is -2.01. The van der Waals surface area contributed by atoms with Gasteiger partial charge in [-0.15, -0.1) is 11.3 Å². The number of aromatic nitrogens is 1. The van der Waals surface area contributed by atoms with Gasteiger partial charge in [0.25, 0.3) is 5.91 Å². The second-order valence-electron chi connectivity index (χ2n) is 4.83. The van der Waals surface area contributed by atoms with Gasteiger partial charge in [0, 0.05) is 13.0 Å². The van der Waals surface area contributed by atoms with Crippen molar-refractivity contribution in [1.29, 1.82) is 0 Å². The van der Waals surface area contributed by atoms with Gasteiger partial charge in [-0.05, 0) is 24.6 Å². The van der Waals surface area contributed by atoms with Gasteiger partial charge in [-0.25, -0.2) is 4.98 Å². The molecule has 0 radical (unpaired) electrons. The van der Waals surface area contributed by atoms with E-state index in [0.717, 1.165) is 34.1 Å². The molecule has 0 fully saturated rings. The standard InChI is InChI=1S/C15H13N3O4S/c19-15(11-7-8-14(22-11)18(20)21)16-9-3-6-13-17-10-4-1-2-5-12(10)23-13/h1-2,4-5,7-8H,3,6,9H2,(H,16,19). The number of benzene rings is 1. The Hall–Kier alpha value is -2.74. The normalized spacial score (nSPS) is 10.8. The van der Waals surface area contributed by atoms with Crippen LogP contribution >= 0.6 is 11.3 Å². The minimum absolute atomic E-state index is 0.0586. The van der Waals surface area contributed by atoms with Crippen molar-refractivity contribution in [2.24, 2.45) is 0 Å². The predicted molar refractivity (Wildman–Crippen MR) is 85.6 cm³/mol. The minimum Gasteiger partial charge on any atom is -0.395 e. The van der Waals surface area contributed by atoms with Gasteiger partial charge in [0.2, 0.25) is 0 Å². The summed E-state index contributed by atoms with van der Waals surface area (Å²) in [7, 11) is 0. The van der Waals surface area contributed by atoms with E-state index in [4.69, 9.17) is 4.42 Å². The van der Waals surface area contributed by atoms with E-state index in [1.807, 2.05) is 24.3 Å². The van der Waals surface area contributed by atoms with Gasteiger partial charge in [-0.3, -0.25) is 14.9 Å². The van der Waals surface area contributed by atoms with Gasteiger partial charge < -0.3 is 9.73 Å². The largest absolute Gasteiger partial charge is 0.433 e. The lowest BCUT2D eigenvalue weighted by atomic mass is 10.3. The zero-order valence-electron chi connectivity index (χ0n) is 12.0. The first kappa shape index (κ1) is 15.2. The molecule has 0 unspecified atom stereocenters. The molecule has 3 rings (SSSR count). The predicted octanol–water partition coefficient (Wildman–Crippen LogP) is 3.16. The van der Waals surface area contributed by atoms with Crippen molar-refractivity contribution in [2.75, 3.05) is 6.54 Å². The summed E-state index contributed by atoms with van der Waals surface area (Å²) in [6.07, 6.45) is 1.49. The molecule has 0 saturated heterocycles. The number of fused-ring (bicyclic) bond motifs is 1. The van der Waals surface area contributed by atoms with Gasteiger partial charge >= 0.3 is 5.88 Å². The Labute approximate surface area is 135 Å². The van der Waals surface area contributed by atoms with Crippen LogP contribution in [0.1, 0.15) is 22.0 Å². The van der Waals surface area contributed by atoms with Crippen molar-refractivity contribution < 1.29 is 14.1 Å². The molecule has 0 spiro atoms. The second kappa shape index (κ2) is 6.57. The van der Waals surface area contributed by atoms with Gasteiger partial charge in [0.05, 0.1) is 21.3 Å². The van der Waals surface area contributed by atoms with Crippen molar-refractivity contribution in [3.05, 3.63) is 57.3 Å². The Bertz CT molecular complexity index is 822. The lowest BCUT2D eigenvalue weighted by Crippen LogP contribution is -2.24. The Kier molecular flexibility index (Phi) is 4.33. The third kappa shape index (κ3) is 3.54. The first-order valence-electron chi connectivity index (χ1n) is 7.00. The van der Waals surface area contributed by atoms with Crippen molar-refractivity contribution in [3.63, 3.8) is 0 Å². The first-order valence-corrected chi connectivity index (χ1v) is 7.82. The number of furan rings is 1. The molecule has 8 heteroatoms. The van der Waals surface area contributed by atoms with Gasteiger partial charge in [0.1, 0.15) is 4.92 Å². The highest BCUT2D eigenvalue weighted by Crippen LogP contribution is 2.22. The summed E-state index contributed by atoms with van der Waals surface area (Å²) in [6.45, 7) is 0.448. The summed E-state index contributed by atoms with van der Waals surface area (Å²) in [5, 5.41) is 14.2. The van der Waals surface area contributed by atoms with Crippen LogP contribution in [-0.2, 0) is 6.42 Å². The smallest absolute Gasteiger partial charge is 0.395 e. The molecule has 3 aromatic rings. The van der Waals surface area contributed by atoms with Crippen LogP contribution in [0.4, 0.5) is 5.88 Å². The van der Waals surface area contributed by atoms with Gasteiger partial charge in [0.15, 0.2) is 5.76 Å². The number of hydrogen-bond donors (Lipinski definition) is 1. The molecule has 1 aromatic carbocycles. The molecule has 0 aliphatic rings. The van der Waals surface area contributed by atoms with E-state index in [9.17, 15) is 14.9 Å². The molecule has 0 aliphatic heterocycles. The number of nitrogens with zero attached hydrogens (tertiary/aromatic N) is 2. The molecule has 7 nitrogen and oxygen atoms in total. The summed E-state index contributed by atoms with van der Waals surface area (Å²) in [4.78, 5) is 26.1. The van der Waals surface area contributed by atoms with E-state index in [2.05, 4.69) is 10.3 Å².